The van der Waals surface area contributed by atoms with Gasteiger partial charge in [-0.05, 0) is 12.1 Å². The van der Waals surface area contributed by atoms with Crippen molar-refractivity contribution in [2.24, 2.45) is 0 Å². The highest BCUT2D eigenvalue weighted by atomic mass is 19.4. The Bertz CT molecular complexity index is 494. The molecule has 1 aromatic rings. The highest BCUT2D eigenvalue weighted by Crippen LogP contribution is 2.37. The highest BCUT2D eigenvalue weighted by molar-refractivity contribution is 6.35. The number of hydrogen-bond donors (Lipinski definition) is 1. The van der Waals surface area contributed by atoms with Gasteiger partial charge in [0.15, 0.2) is 0 Å². The van der Waals surface area contributed by atoms with Crippen molar-refractivity contribution in [1.82, 2.24) is 0 Å². The maximum absolute atomic E-state index is 12.3. The van der Waals surface area contributed by atoms with Crippen LogP contribution in [0, 0.1) is 5.41 Å². The topological polar surface area (TPSA) is 50.2 Å². The number of para-hydroxylation sites is 1. The lowest BCUT2D eigenvalue weighted by Gasteiger charge is -2.24. The molecule has 0 amide bonds. The van der Waals surface area contributed by atoms with Gasteiger partial charge < -0.3 is 10.1 Å². The summed E-state index contributed by atoms with van der Waals surface area (Å²) in [6.45, 7) is 0. The van der Waals surface area contributed by atoms with Crippen LogP contribution in [0.2, 0.25) is 0 Å². The molecule has 0 fully saturated rings. The molecule has 0 atom stereocenters. The summed E-state index contributed by atoms with van der Waals surface area (Å²) in [5.41, 5.74) is -0.555. The number of rotatable bonds is 4. The van der Waals surface area contributed by atoms with E-state index < -0.39 is 35.6 Å². The summed E-state index contributed by atoms with van der Waals surface area (Å²) in [7, 11) is 0. The zero-order valence-electron chi connectivity index (χ0n) is 9.55. The Kier molecular flexibility index (Phi) is 4.41. The molecule has 0 heterocycles. The van der Waals surface area contributed by atoms with Crippen molar-refractivity contribution >= 4 is 12.0 Å². The number of benzene rings is 1. The molecule has 1 aromatic carbocycles. The monoisotopic (exact) mass is 299 g/mol. The first kappa shape index (κ1) is 16.0. The third kappa shape index (κ3) is 3.72. The second-order valence-electron chi connectivity index (χ2n) is 3.59. The van der Waals surface area contributed by atoms with E-state index >= 15 is 0 Å². The predicted octanol–water partition coefficient (Wildman–Crippen LogP) is 3.39. The number of Topliss-reactive ketones (excluding diaryl/α,β-unsaturated/α-hetero) is 1. The molecule has 9 heteroatoms. The maximum Gasteiger partial charge on any atom is 0.434 e. The van der Waals surface area contributed by atoms with Crippen LogP contribution in [0.3, 0.4) is 0 Å². The van der Waals surface area contributed by atoms with Crippen LogP contribution < -0.4 is 4.74 Å². The van der Waals surface area contributed by atoms with E-state index in [-0.39, 0.29) is 6.21 Å². The second-order valence-corrected chi connectivity index (χ2v) is 3.59. The predicted molar refractivity (Wildman–Crippen MR) is 56.1 cm³/mol. The SMILES string of the molecule is N=CC(=O)c1ccccc1OC(C(F)(F)F)C(F)(F)F. The summed E-state index contributed by atoms with van der Waals surface area (Å²) >= 11 is 0. The highest BCUT2D eigenvalue weighted by Gasteiger charge is 2.59. The molecule has 20 heavy (non-hydrogen) atoms. The summed E-state index contributed by atoms with van der Waals surface area (Å²) < 4.78 is 78.0. The van der Waals surface area contributed by atoms with Crippen molar-refractivity contribution in [2.75, 3.05) is 0 Å². The van der Waals surface area contributed by atoms with E-state index in [1.165, 1.54) is 6.07 Å². The van der Waals surface area contributed by atoms with Gasteiger partial charge in [-0.1, -0.05) is 12.1 Å². The largest absolute Gasteiger partial charge is 0.471 e. The van der Waals surface area contributed by atoms with Crippen LogP contribution in [0.1, 0.15) is 10.4 Å². The molecular weight excluding hydrogens is 292 g/mol. The fourth-order valence-corrected chi connectivity index (χ4v) is 1.30. The number of carbonyl (C=O) groups is 1. The molecule has 0 aliphatic heterocycles. The number of ether oxygens (including phenoxy) is 1. The van der Waals surface area contributed by atoms with E-state index in [9.17, 15) is 31.1 Å². The third-order valence-corrected chi connectivity index (χ3v) is 2.12. The number of halogens is 6. The standard InChI is InChI=1S/C11H7F6NO2/c12-10(13,14)9(11(15,16)17)20-8-4-2-1-3-6(8)7(19)5-18/h1-5,9,18H. The summed E-state index contributed by atoms with van der Waals surface area (Å²) in [5, 5.41) is 6.70. The molecule has 110 valence electrons. The summed E-state index contributed by atoms with van der Waals surface area (Å²) in [6.07, 6.45) is -15.1. The van der Waals surface area contributed by atoms with Crippen LogP contribution in [0.25, 0.3) is 0 Å². The lowest BCUT2D eigenvalue weighted by molar-refractivity contribution is -0.299. The van der Waals surface area contributed by atoms with E-state index in [1.54, 1.807) is 0 Å². The minimum Gasteiger partial charge on any atom is -0.471 e. The Balaban J connectivity index is 3.19. The van der Waals surface area contributed by atoms with Gasteiger partial charge in [0, 0.05) is 0 Å². The molecular formula is C11H7F6NO2. The van der Waals surface area contributed by atoms with Gasteiger partial charge in [0.2, 0.25) is 5.78 Å². The van der Waals surface area contributed by atoms with Gasteiger partial charge in [0.05, 0.1) is 11.8 Å². The van der Waals surface area contributed by atoms with Crippen LogP contribution >= 0.6 is 0 Å². The quantitative estimate of drug-likeness (QED) is 0.526. The Morgan fingerprint density at radius 2 is 1.60 bits per heavy atom. The van der Waals surface area contributed by atoms with Gasteiger partial charge in [0.25, 0.3) is 6.10 Å². The molecule has 0 bridgehead atoms. The van der Waals surface area contributed by atoms with Gasteiger partial charge in [-0.2, -0.15) is 26.3 Å². The molecule has 0 saturated carbocycles. The Hall–Kier alpha value is -2.06. The molecule has 0 radical (unpaired) electrons. The molecule has 1 N–H and O–H groups in total. The number of carbonyl (C=O) groups excluding carboxylic acids is 1. The van der Waals surface area contributed by atoms with Crippen LogP contribution in [-0.4, -0.2) is 30.5 Å². The van der Waals surface area contributed by atoms with E-state index in [2.05, 4.69) is 4.74 Å². The summed E-state index contributed by atoms with van der Waals surface area (Å²) in [5.74, 6) is -1.95. The summed E-state index contributed by atoms with van der Waals surface area (Å²) in [4.78, 5) is 11.2. The fraction of sp³-hybridized carbons (Fsp3) is 0.273. The molecule has 3 nitrogen and oxygen atoms in total. The van der Waals surface area contributed by atoms with Gasteiger partial charge in [-0.3, -0.25) is 4.79 Å². The maximum atomic E-state index is 12.3. The van der Waals surface area contributed by atoms with Crippen LogP contribution in [0.4, 0.5) is 26.3 Å². The summed E-state index contributed by atoms with van der Waals surface area (Å²) in [6, 6.07) is 4.09. The first-order valence-corrected chi connectivity index (χ1v) is 5.01. The molecule has 0 aliphatic carbocycles. The minimum atomic E-state index is -5.68. The first-order valence-electron chi connectivity index (χ1n) is 5.01. The second kappa shape index (κ2) is 5.51. The number of ketones is 1. The average molecular weight is 299 g/mol. The first-order chi connectivity index (χ1) is 9.07. The van der Waals surface area contributed by atoms with Gasteiger partial charge in [-0.15, -0.1) is 0 Å². The molecule has 0 saturated heterocycles. The lowest BCUT2D eigenvalue weighted by Crippen LogP contribution is -2.46. The number of nitrogens with one attached hydrogen (secondary N) is 1. The third-order valence-electron chi connectivity index (χ3n) is 2.12. The molecule has 1 rings (SSSR count). The zero-order valence-corrected chi connectivity index (χ0v) is 9.55. The Labute approximate surface area is 108 Å². The van der Waals surface area contributed by atoms with E-state index in [0.717, 1.165) is 18.2 Å². The Morgan fingerprint density at radius 1 is 1.10 bits per heavy atom. The van der Waals surface area contributed by atoms with Crippen molar-refractivity contribution < 1.29 is 35.9 Å². The van der Waals surface area contributed by atoms with Crippen molar-refractivity contribution in [1.29, 1.82) is 5.41 Å². The van der Waals surface area contributed by atoms with Crippen LogP contribution in [0.15, 0.2) is 24.3 Å². The Morgan fingerprint density at radius 3 is 2.05 bits per heavy atom. The van der Waals surface area contributed by atoms with Crippen LogP contribution in [-0.2, 0) is 0 Å². The number of hydrogen-bond acceptors (Lipinski definition) is 3. The molecule has 0 spiro atoms. The van der Waals surface area contributed by atoms with Gasteiger partial charge >= 0.3 is 12.4 Å². The normalized spacial score (nSPS) is 12.3. The molecule has 0 aromatic heterocycles. The number of alkyl halides is 6. The lowest BCUT2D eigenvalue weighted by atomic mass is 10.1. The zero-order chi connectivity index (χ0) is 15.6. The van der Waals surface area contributed by atoms with E-state index in [1.807, 2.05) is 0 Å². The van der Waals surface area contributed by atoms with Crippen molar-refractivity contribution in [3.8, 4) is 5.75 Å². The van der Waals surface area contributed by atoms with Crippen molar-refractivity contribution in [3.05, 3.63) is 29.8 Å². The fourth-order valence-electron chi connectivity index (χ4n) is 1.30. The molecule has 0 aliphatic rings. The smallest absolute Gasteiger partial charge is 0.434 e. The van der Waals surface area contributed by atoms with E-state index in [4.69, 9.17) is 5.41 Å². The van der Waals surface area contributed by atoms with Crippen molar-refractivity contribution in [3.63, 3.8) is 0 Å². The van der Waals surface area contributed by atoms with E-state index in [0.29, 0.717) is 0 Å². The molecule has 0 unspecified atom stereocenters. The van der Waals surface area contributed by atoms with Gasteiger partial charge in [-0.25, -0.2) is 0 Å². The van der Waals surface area contributed by atoms with Gasteiger partial charge in [0.1, 0.15) is 5.75 Å². The van der Waals surface area contributed by atoms with Crippen molar-refractivity contribution in [2.45, 2.75) is 18.5 Å². The average Bonchev–Trinajstić information content (AvgIpc) is 2.32. The minimum absolute atomic E-state index is 0.262. The van der Waals surface area contributed by atoms with Crippen LogP contribution in [0.5, 0.6) is 5.75 Å².